The standard InChI is InChI=1S/C22H16ClN3OS/c1-15(16-10-12-17(23)13-11-16)20-21(27)26(18-7-3-2-4-8-18)22(28-20)25-19-9-5-6-14-24-19/h2-14H,1H3/b20-15-,25-22+. The zero-order valence-corrected chi connectivity index (χ0v) is 16.6. The van der Waals surface area contributed by atoms with E-state index in [4.69, 9.17) is 11.6 Å². The minimum atomic E-state index is -0.0988. The van der Waals surface area contributed by atoms with Gasteiger partial charge in [0.25, 0.3) is 5.91 Å². The maximum atomic E-state index is 13.3. The fourth-order valence-corrected chi connectivity index (χ4v) is 4.01. The zero-order valence-electron chi connectivity index (χ0n) is 15.0. The summed E-state index contributed by atoms with van der Waals surface area (Å²) >= 11 is 7.36. The number of halogens is 1. The zero-order chi connectivity index (χ0) is 19.5. The Morgan fingerprint density at radius 1 is 1.00 bits per heavy atom. The Morgan fingerprint density at radius 3 is 2.39 bits per heavy atom. The van der Waals surface area contributed by atoms with Gasteiger partial charge >= 0.3 is 0 Å². The van der Waals surface area contributed by atoms with Gasteiger partial charge in [-0.25, -0.2) is 9.98 Å². The van der Waals surface area contributed by atoms with E-state index >= 15 is 0 Å². The lowest BCUT2D eigenvalue weighted by Gasteiger charge is -2.15. The highest BCUT2D eigenvalue weighted by Gasteiger charge is 2.36. The first-order valence-corrected chi connectivity index (χ1v) is 9.87. The van der Waals surface area contributed by atoms with Crippen LogP contribution in [0.4, 0.5) is 11.5 Å². The molecule has 1 aliphatic heterocycles. The highest BCUT2D eigenvalue weighted by Crippen LogP contribution is 2.40. The van der Waals surface area contributed by atoms with Crippen molar-refractivity contribution in [3.63, 3.8) is 0 Å². The highest BCUT2D eigenvalue weighted by atomic mass is 35.5. The van der Waals surface area contributed by atoms with Gasteiger partial charge in [-0.05, 0) is 66.2 Å². The second-order valence-corrected chi connectivity index (χ2v) is 7.54. The van der Waals surface area contributed by atoms with Crippen molar-refractivity contribution in [2.75, 3.05) is 4.90 Å². The third-order valence-electron chi connectivity index (χ3n) is 4.27. The molecule has 1 aliphatic rings. The molecule has 1 aromatic heterocycles. The van der Waals surface area contributed by atoms with Crippen LogP contribution < -0.4 is 4.90 Å². The number of aliphatic imine (C=N–C) groups is 1. The van der Waals surface area contributed by atoms with Crippen LogP contribution in [0.3, 0.4) is 0 Å². The minimum Gasteiger partial charge on any atom is -0.268 e. The average Bonchev–Trinajstić information content (AvgIpc) is 3.05. The third-order valence-corrected chi connectivity index (χ3v) is 5.67. The van der Waals surface area contributed by atoms with Crippen molar-refractivity contribution < 1.29 is 4.79 Å². The molecule has 28 heavy (non-hydrogen) atoms. The first-order chi connectivity index (χ1) is 13.6. The van der Waals surface area contributed by atoms with Gasteiger partial charge in [-0.2, -0.15) is 0 Å². The molecule has 1 saturated heterocycles. The van der Waals surface area contributed by atoms with E-state index in [9.17, 15) is 4.79 Å². The van der Waals surface area contributed by atoms with Gasteiger partial charge in [0.1, 0.15) is 0 Å². The van der Waals surface area contributed by atoms with Crippen molar-refractivity contribution in [3.8, 4) is 0 Å². The Morgan fingerprint density at radius 2 is 1.71 bits per heavy atom. The van der Waals surface area contributed by atoms with E-state index in [1.54, 1.807) is 11.1 Å². The topological polar surface area (TPSA) is 45.6 Å². The largest absolute Gasteiger partial charge is 0.271 e. The number of allylic oxidation sites excluding steroid dienone is 1. The first-order valence-electron chi connectivity index (χ1n) is 8.67. The number of aromatic nitrogens is 1. The number of nitrogens with zero attached hydrogens (tertiary/aromatic N) is 3. The van der Waals surface area contributed by atoms with E-state index in [1.165, 1.54) is 11.8 Å². The van der Waals surface area contributed by atoms with Gasteiger partial charge in [0.2, 0.25) is 0 Å². The predicted molar refractivity (Wildman–Crippen MR) is 117 cm³/mol. The summed E-state index contributed by atoms with van der Waals surface area (Å²) in [5.41, 5.74) is 2.61. The molecule has 2 heterocycles. The molecule has 0 spiro atoms. The molecule has 2 aromatic carbocycles. The second-order valence-electron chi connectivity index (χ2n) is 6.12. The van der Waals surface area contributed by atoms with E-state index in [0.29, 0.717) is 20.9 Å². The van der Waals surface area contributed by atoms with Crippen molar-refractivity contribution in [1.82, 2.24) is 4.98 Å². The van der Waals surface area contributed by atoms with Crippen molar-refractivity contribution in [3.05, 3.63) is 94.5 Å². The van der Waals surface area contributed by atoms with Gasteiger partial charge in [-0.3, -0.25) is 9.69 Å². The monoisotopic (exact) mass is 405 g/mol. The van der Waals surface area contributed by atoms with Crippen LogP contribution in [0.1, 0.15) is 12.5 Å². The molecule has 6 heteroatoms. The van der Waals surface area contributed by atoms with Crippen LogP contribution in [0, 0.1) is 0 Å². The Hall–Kier alpha value is -2.89. The predicted octanol–water partition coefficient (Wildman–Crippen LogP) is 5.93. The molecule has 1 amide bonds. The summed E-state index contributed by atoms with van der Waals surface area (Å²) in [7, 11) is 0. The van der Waals surface area contributed by atoms with Crippen LogP contribution in [0.25, 0.3) is 5.57 Å². The van der Waals surface area contributed by atoms with Crippen molar-refractivity contribution >= 4 is 51.5 Å². The lowest BCUT2D eigenvalue weighted by molar-refractivity contribution is -0.113. The summed E-state index contributed by atoms with van der Waals surface area (Å²) < 4.78 is 0. The molecular weight excluding hydrogens is 390 g/mol. The van der Waals surface area contributed by atoms with Gasteiger partial charge in [0, 0.05) is 11.2 Å². The maximum absolute atomic E-state index is 13.3. The summed E-state index contributed by atoms with van der Waals surface area (Å²) in [6, 6.07) is 22.5. The molecule has 0 N–H and O–H groups in total. The molecule has 0 aliphatic carbocycles. The molecule has 3 aromatic rings. The molecule has 0 bridgehead atoms. The molecular formula is C22H16ClN3OS. The number of hydrogen-bond donors (Lipinski definition) is 0. The quantitative estimate of drug-likeness (QED) is 0.507. The smallest absolute Gasteiger partial charge is 0.268 e. The number of thioether (sulfide) groups is 1. The van der Waals surface area contributed by atoms with Crippen LogP contribution in [0.15, 0.2) is 88.9 Å². The number of para-hydroxylation sites is 1. The number of carbonyl (C=O) groups is 1. The SMILES string of the molecule is C/C(=C1/S/C(=N/c2ccccn2)N(c2ccccc2)C1=O)c1ccc(Cl)cc1. The Labute approximate surface area is 172 Å². The van der Waals surface area contributed by atoms with Crippen LogP contribution >= 0.6 is 23.4 Å². The van der Waals surface area contributed by atoms with Crippen LogP contribution in [0.5, 0.6) is 0 Å². The number of pyridine rings is 1. The summed E-state index contributed by atoms with van der Waals surface area (Å²) in [5, 5.41) is 1.24. The van der Waals surface area contributed by atoms with E-state index in [2.05, 4.69) is 9.98 Å². The van der Waals surface area contributed by atoms with Crippen molar-refractivity contribution in [1.29, 1.82) is 0 Å². The molecule has 0 radical (unpaired) electrons. The van der Waals surface area contributed by atoms with Gasteiger partial charge in [0.05, 0.1) is 10.6 Å². The lowest BCUT2D eigenvalue weighted by Crippen LogP contribution is -2.28. The van der Waals surface area contributed by atoms with Gasteiger partial charge in [-0.1, -0.05) is 48.0 Å². The summed E-state index contributed by atoms with van der Waals surface area (Å²) in [4.78, 5) is 24.5. The average molecular weight is 406 g/mol. The van der Waals surface area contributed by atoms with Crippen LogP contribution in [-0.4, -0.2) is 16.1 Å². The fourth-order valence-electron chi connectivity index (χ4n) is 2.83. The maximum Gasteiger partial charge on any atom is 0.271 e. The number of carbonyl (C=O) groups excluding carboxylic acids is 1. The molecule has 4 rings (SSSR count). The van der Waals surface area contributed by atoms with Crippen molar-refractivity contribution in [2.24, 2.45) is 4.99 Å². The van der Waals surface area contributed by atoms with E-state index < -0.39 is 0 Å². The Bertz CT molecular complexity index is 1060. The lowest BCUT2D eigenvalue weighted by atomic mass is 10.1. The summed E-state index contributed by atoms with van der Waals surface area (Å²) in [5.74, 6) is 0.461. The number of anilines is 1. The first kappa shape index (κ1) is 18.5. The number of rotatable bonds is 3. The Balaban J connectivity index is 1.81. The van der Waals surface area contributed by atoms with E-state index in [-0.39, 0.29) is 5.91 Å². The second kappa shape index (κ2) is 8.00. The molecule has 4 nitrogen and oxygen atoms in total. The Kier molecular flexibility index (Phi) is 5.28. The minimum absolute atomic E-state index is 0.0988. The van der Waals surface area contributed by atoms with Gasteiger partial charge in [-0.15, -0.1) is 0 Å². The van der Waals surface area contributed by atoms with E-state index in [0.717, 1.165) is 16.8 Å². The fraction of sp³-hybridized carbons (Fsp3) is 0.0455. The van der Waals surface area contributed by atoms with Crippen molar-refractivity contribution in [2.45, 2.75) is 6.92 Å². The number of amides is 1. The van der Waals surface area contributed by atoms with Gasteiger partial charge in [0.15, 0.2) is 11.0 Å². The summed E-state index contributed by atoms with van der Waals surface area (Å²) in [6.07, 6.45) is 1.68. The molecule has 0 atom stereocenters. The van der Waals surface area contributed by atoms with Crippen LogP contribution in [-0.2, 0) is 4.79 Å². The number of amidine groups is 1. The highest BCUT2D eigenvalue weighted by molar-refractivity contribution is 8.19. The summed E-state index contributed by atoms with van der Waals surface area (Å²) in [6.45, 7) is 1.94. The molecule has 138 valence electrons. The number of hydrogen-bond acceptors (Lipinski definition) is 4. The van der Waals surface area contributed by atoms with E-state index in [1.807, 2.05) is 79.7 Å². The number of benzene rings is 2. The normalized spacial score (nSPS) is 17.3. The molecule has 0 saturated carbocycles. The third kappa shape index (κ3) is 3.72. The van der Waals surface area contributed by atoms with Gasteiger partial charge < -0.3 is 0 Å². The molecule has 1 fully saturated rings. The van der Waals surface area contributed by atoms with Crippen LogP contribution in [0.2, 0.25) is 5.02 Å². The molecule has 0 unspecified atom stereocenters.